The molecule has 2 N–H and O–H groups in total. The Morgan fingerprint density at radius 2 is 1.72 bits per heavy atom. The molecule has 2 aromatic carbocycles. The lowest BCUT2D eigenvalue weighted by atomic mass is 10.0. The zero-order chi connectivity index (χ0) is 27.5. The monoisotopic (exact) mass is 535 g/mol. The summed E-state index contributed by atoms with van der Waals surface area (Å²) in [6.45, 7) is 1.66. The van der Waals surface area contributed by atoms with E-state index in [1.807, 2.05) is 0 Å². The summed E-state index contributed by atoms with van der Waals surface area (Å²) in [5.41, 5.74) is 1.29. The van der Waals surface area contributed by atoms with Crippen molar-refractivity contribution in [3.63, 3.8) is 0 Å². The number of hydrogen-bond donors (Lipinski definition) is 2. The van der Waals surface area contributed by atoms with E-state index < -0.39 is 22.5 Å². The van der Waals surface area contributed by atoms with Crippen LogP contribution in [0.15, 0.2) is 54.7 Å². The van der Waals surface area contributed by atoms with Crippen LogP contribution in [0, 0.1) is 27.7 Å². The topological polar surface area (TPSA) is 117 Å². The maximum atomic E-state index is 13.5. The molecule has 1 saturated heterocycles. The van der Waals surface area contributed by atoms with E-state index in [1.165, 1.54) is 36.5 Å². The van der Waals surface area contributed by atoms with E-state index in [-0.39, 0.29) is 29.1 Å². The summed E-state index contributed by atoms with van der Waals surface area (Å²) >= 11 is 0. The van der Waals surface area contributed by atoms with Gasteiger partial charge in [-0.25, -0.2) is 13.8 Å². The number of piperidine rings is 1. The van der Waals surface area contributed by atoms with Crippen molar-refractivity contribution in [3.8, 4) is 11.1 Å². The molecule has 0 radical (unpaired) electrons. The summed E-state index contributed by atoms with van der Waals surface area (Å²) in [5.74, 6) is -1.45. The number of hydrogen-bond acceptors (Lipinski definition) is 6. The Kier molecular flexibility index (Phi) is 7.60. The Morgan fingerprint density at radius 3 is 2.38 bits per heavy atom. The van der Waals surface area contributed by atoms with Gasteiger partial charge in [0.15, 0.2) is 0 Å². The van der Waals surface area contributed by atoms with Crippen molar-refractivity contribution in [1.29, 1.82) is 0 Å². The quantitative estimate of drug-likeness (QED) is 0.320. The van der Waals surface area contributed by atoms with Crippen molar-refractivity contribution in [2.75, 3.05) is 18.4 Å². The first-order valence-electron chi connectivity index (χ1n) is 12.8. The molecule has 0 spiro atoms. The normalized spacial score (nSPS) is 16.1. The summed E-state index contributed by atoms with van der Waals surface area (Å²) in [6.07, 6.45) is 4.43. The first-order valence-corrected chi connectivity index (χ1v) is 12.8. The number of aromatic nitrogens is 1. The van der Waals surface area contributed by atoms with E-state index in [0.717, 1.165) is 18.9 Å². The molecule has 2 heterocycles. The smallest absolute Gasteiger partial charge is 0.277 e. The van der Waals surface area contributed by atoms with Crippen molar-refractivity contribution in [3.05, 3.63) is 87.6 Å². The minimum Gasteiger partial charge on any atom is -0.349 e. The van der Waals surface area contributed by atoms with Gasteiger partial charge in [-0.1, -0.05) is 0 Å². The number of rotatable bonds is 8. The van der Waals surface area contributed by atoms with Gasteiger partial charge in [-0.2, -0.15) is 0 Å². The van der Waals surface area contributed by atoms with E-state index >= 15 is 0 Å². The predicted octanol–water partition coefficient (Wildman–Crippen LogP) is 4.68. The van der Waals surface area contributed by atoms with Crippen LogP contribution in [0.25, 0.3) is 11.1 Å². The molecule has 5 rings (SSSR count). The predicted molar refractivity (Wildman–Crippen MR) is 140 cm³/mol. The third kappa shape index (κ3) is 6.61. The minimum absolute atomic E-state index is 0.00663. The molecule has 1 aromatic heterocycles. The number of carbonyl (C=O) groups excluding carboxylic acids is 2. The standard InChI is InChI=1S/C28H27F2N5O4/c29-21-11-17(12-22(30)15-21)16-34-9-6-23(7-10-34)32-28(37)20-3-4-24(25(13-20)35(38)39)19-5-8-31-26(14-19)33-27(36)18-1-2-18/h3-5,8,11-15,18,23H,1-2,6-7,9-10,16H2,(H,32,37)(H,31,33,36). The van der Waals surface area contributed by atoms with Crippen LogP contribution < -0.4 is 10.6 Å². The van der Waals surface area contributed by atoms with Crippen LogP contribution in [0.2, 0.25) is 0 Å². The summed E-state index contributed by atoms with van der Waals surface area (Å²) in [7, 11) is 0. The molecule has 9 nitrogen and oxygen atoms in total. The number of nitro benzene ring substituents is 1. The summed E-state index contributed by atoms with van der Waals surface area (Å²) in [4.78, 5) is 42.6. The zero-order valence-electron chi connectivity index (χ0n) is 21.0. The molecule has 1 saturated carbocycles. The Bertz CT molecular complexity index is 1400. The first kappa shape index (κ1) is 26.4. The average Bonchev–Trinajstić information content (AvgIpc) is 3.75. The molecule has 39 heavy (non-hydrogen) atoms. The van der Waals surface area contributed by atoms with Gasteiger partial charge in [-0.3, -0.25) is 24.6 Å². The Hall–Kier alpha value is -4.25. The summed E-state index contributed by atoms with van der Waals surface area (Å²) in [5, 5.41) is 17.6. The van der Waals surface area contributed by atoms with Gasteiger partial charge in [-0.15, -0.1) is 0 Å². The van der Waals surface area contributed by atoms with Gasteiger partial charge in [0.1, 0.15) is 17.5 Å². The molecule has 11 heteroatoms. The Balaban J connectivity index is 1.22. The number of benzene rings is 2. The number of likely N-dealkylation sites (tertiary alicyclic amines) is 1. The van der Waals surface area contributed by atoms with Crippen LogP contribution in [-0.2, 0) is 11.3 Å². The minimum atomic E-state index is -0.614. The fourth-order valence-corrected chi connectivity index (χ4v) is 4.77. The van der Waals surface area contributed by atoms with Gasteiger partial charge in [-0.05, 0) is 73.2 Å². The fraction of sp³-hybridized carbons (Fsp3) is 0.321. The molecule has 0 bridgehead atoms. The number of pyridine rings is 1. The largest absolute Gasteiger partial charge is 0.349 e. The highest BCUT2D eigenvalue weighted by Crippen LogP contribution is 2.33. The highest BCUT2D eigenvalue weighted by Gasteiger charge is 2.30. The molecule has 2 amide bonds. The van der Waals surface area contributed by atoms with Crippen molar-refractivity contribution >= 4 is 23.3 Å². The number of halogens is 2. The van der Waals surface area contributed by atoms with E-state index in [0.29, 0.717) is 55.0 Å². The van der Waals surface area contributed by atoms with Gasteiger partial charge in [0, 0.05) is 55.5 Å². The lowest BCUT2D eigenvalue weighted by Gasteiger charge is -2.32. The third-order valence-corrected chi connectivity index (χ3v) is 6.98. The number of nitrogens with one attached hydrogen (secondary N) is 2. The first-order chi connectivity index (χ1) is 18.7. The van der Waals surface area contributed by atoms with E-state index in [1.54, 1.807) is 12.1 Å². The SMILES string of the molecule is O=C(NC1CCN(Cc2cc(F)cc(F)c2)CC1)c1ccc(-c2ccnc(NC(=O)C3CC3)c2)c([N+](=O)[O-])c1. The zero-order valence-corrected chi connectivity index (χ0v) is 21.0. The van der Waals surface area contributed by atoms with Gasteiger partial charge in [0.2, 0.25) is 5.91 Å². The van der Waals surface area contributed by atoms with Crippen molar-refractivity contribution < 1.29 is 23.3 Å². The Labute approximate surface area is 223 Å². The van der Waals surface area contributed by atoms with E-state index in [9.17, 15) is 28.5 Å². The molecule has 1 aliphatic heterocycles. The molecule has 2 fully saturated rings. The molecule has 0 unspecified atom stereocenters. The van der Waals surface area contributed by atoms with Crippen LogP contribution >= 0.6 is 0 Å². The van der Waals surface area contributed by atoms with Crippen LogP contribution in [0.3, 0.4) is 0 Å². The number of amides is 2. The fourth-order valence-electron chi connectivity index (χ4n) is 4.77. The van der Waals surface area contributed by atoms with E-state index in [2.05, 4.69) is 20.5 Å². The molecular formula is C28H27F2N5O4. The summed E-state index contributed by atoms with van der Waals surface area (Å²) in [6, 6.07) is 10.8. The second kappa shape index (κ2) is 11.2. The Morgan fingerprint density at radius 1 is 1.00 bits per heavy atom. The molecule has 202 valence electrons. The van der Waals surface area contributed by atoms with Crippen molar-refractivity contribution in [1.82, 2.24) is 15.2 Å². The summed E-state index contributed by atoms with van der Waals surface area (Å²) < 4.78 is 26.9. The van der Waals surface area contributed by atoms with Gasteiger partial charge >= 0.3 is 0 Å². The molecule has 0 atom stereocenters. The van der Waals surface area contributed by atoms with Crippen molar-refractivity contribution in [2.45, 2.75) is 38.3 Å². The van der Waals surface area contributed by atoms with Crippen LogP contribution in [0.4, 0.5) is 20.3 Å². The number of anilines is 1. The van der Waals surface area contributed by atoms with Crippen LogP contribution in [0.1, 0.15) is 41.6 Å². The average molecular weight is 536 g/mol. The maximum absolute atomic E-state index is 13.5. The van der Waals surface area contributed by atoms with Gasteiger partial charge < -0.3 is 10.6 Å². The number of nitrogens with zero attached hydrogens (tertiary/aromatic N) is 3. The number of nitro groups is 1. The van der Waals surface area contributed by atoms with Crippen LogP contribution in [-0.4, -0.2) is 45.8 Å². The second-order valence-corrected chi connectivity index (χ2v) is 9.98. The second-order valence-electron chi connectivity index (χ2n) is 9.98. The maximum Gasteiger partial charge on any atom is 0.277 e. The molecular weight excluding hydrogens is 508 g/mol. The van der Waals surface area contributed by atoms with Gasteiger partial charge in [0.05, 0.1) is 10.5 Å². The molecule has 1 aliphatic carbocycles. The van der Waals surface area contributed by atoms with Crippen molar-refractivity contribution in [2.24, 2.45) is 5.92 Å². The lowest BCUT2D eigenvalue weighted by molar-refractivity contribution is -0.384. The number of carbonyl (C=O) groups is 2. The lowest BCUT2D eigenvalue weighted by Crippen LogP contribution is -2.44. The highest BCUT2D eigenvalue weighted by atomic mass is 19.1. The van der Waals surface area contributed by atoms with E-state index in [4.69, 9.17) is 0 Å². The molecule has 2 aliphatic rings. The molecule has 3 aromatic rings. The van der Waals surface area contributed by atoms with Crippen LogP contribution in [0.5, 0.6) is 0 Å². The highest BCUT2D eigenvalue weighted by molar-refractivity contribution is 5.97. The van der Waals surface area contributed by atoms with Gasteiger partial charge in [0.25, 0.3) is 11.6 Å². The third-order valence-electron chi connectivity index (χ3n) is 6.98.